The smallest absolute Gasteiger partial charge is 0.416 e. The molecule has 20 heavy (non-hydrogen) atoms. The molecular weight excluding hydrogens is 271 g/mol. The molecule has 110 valence electrons. The number of guanidine groups is 1. The average Bonchev–Trinajstić information content (AvgIpc) is 2.80. The van der Waals surface area contributed by atoms with E-state index in [0.29, 0.717) is 24.9 Å². The van der Waals surface area contributed by atoms with E-state index in [1.807, 2.05) is 6.92 Å². The van der Waals surface area contributed by atoms with E-state index < -0.39 is 11.7 Å². The summed E-state index contributed by atoms with van der Waals surface area (Å²) in [5.74, 6) is 1.14. The third-order valence-electron chi connectivity index (χ3n) is 2.75. The van der Waals surface area contributed by atoms with Gasteiger partial charge >= 0.3 is 6.18 Å². The summed E-state index contributed by atoms with van der Waals surface area (Å²) in [7, 11) is 0. The third kappa shape index (κ3) is 4.04. The summed E-state index contributed by atoms with van der Waals surface area (Å²) < 4.78 is 42.4. The van der Waals surface area contributed by atoms with E-state index in [-0.39, 0.29) is 0 Å². The van der Waals surface area contributed by atoms with Gasteiger partial charge < -0.3 is 15.4 Å². The van der Waals surface area contributed by atoms with Gasteiger partial charge in [-0.3, -0.25) is 4.99 Å². The van der Waals surface area contributed by atoms with Crippen molar-refractivity contribution in [3.8, 4) is 5.75 Å². The Hall–Kier alpha value is -1.92. The summed E-state index contributed by atoms with van der Waals surface area (Å²) in [6, 6.07) is 4.97. The van der Waals surface area contributed by atoms with Gasteiger partial charge in [0.2, 0.25) is 0 Å². The maximum Gasteiger partial charge on any atom is 0.416 e. The predicted octanol–water partition coefficient (Wildman–Crippen LogP) is 2.02. The SMILES string of the molecule is CC1CN=C(NCCOc2ccc(C(F)(F)F)cc2)N1. The van der Waals surface area contributed by atoms with Crippen LogP contribution in [0.1, 0.15) is 12.5 Å². The lowest BCUT2D eigenvalue weighted by Gasteiger charge is -2.11. The Morgan fingerprint density at radius 1 is 1.35 bits per heavy atom. The Labute approximate surface area is 115 Å². The first-order chi connectivity index (χ1) is 9.45. The van der Waals surface area contributed by atoms with E-state index >= 15 is 0 Å². The van der Waals surface area contributed by atoms with E-state index in [1.165, 1.54) is 12.1 Å². The fourth-order valence-corrected chi connectivity index (χ4v) is 1.74. The zero-order chi connectivity index (χ0) is 14.6. The highest BCUT2D eigenvalue weighted by molar-refractivity contribution is 5.81. The molecule has 1 aromatic rings. The maximum absolute atomic E-state index is 12.4. The van der Waals surface area contributed by atoms with Crippen molar-refractivity contribution in [1.29, 1.82) is 0 Å². The fourth-order valence-electron chi connectivity index (χ4n) is 1.74. The minimum absolute atomic E-state index is 0.327. The number of ether oxygens (including phenoxy) is 1. The lowest BCUT2D eigenvalue weighted by atomic mass is 10.2. The number of aliphatic imine (C=N–C) groups is 1. The molecule has 0 spiro atoms. The summed E-state index contributed by atoms with van der Waals surface area (Å²) in [5.41, 5.74) is -0.679. The van der Waals surface area contributed by atoms with E-state index in [9.17, 15) is 13.2 Å². The molecule has 0 aliphatic carbocycles. The third-order valence-corrected chi connectivity index (χ3v) is 2.75. The molecular formula is C13H16F3N3O. The van der Waals surface area contributed by atoms with E-state index in [1.54, 1.807) is 0 Å². The molecule has 0 radical (unpaired) electrons. The molecule has 1 aromatic carbocycles. The van der Waals surface area contributed by atoms with Crippen molar-refractivity contribution in [2.75, 3.05) is 19.7 Å². The highest BCUT2D eigenvalue weighted by Gasteiger charge is 2.29. The minimum atomic E-state index is -4.32. The molecule has 0 aromatic heterocycles. The van der Waals surface area contributed by atoms with Gasteiger partial charge in [0.05, 0.1) is 18.7 Å². The number of halogens is 3. The second-order valence-electron chi connectivity index (χ2n) is 4.53. The van der Waals surface area contributed by atoms with Gasteiger partial charge in [0.25, 0.3) is 0 Å². The summed E-state index contributed by atoms with van der Waals surface area (Å²) in [6.07, 6.45) is -4.32. The molecule has 1 aliphatic rings. The Morgan fingerprint density at radius 3 is 2.60 bits per heavy atom. The molecule has 0 saturated heterocycles. The molecule has 1 heterocycles. The fraction of sp³-hybridized carbons (Fsp3) is 0.462. The largest absolute Gasteiger partial charge is 0.492 e. The van der Waals surface area contributed by atoms with Gasteiger partial charge in [-0.15, -0.1) is 0 Å². The lowest BCUT2D eigenvalue weighted by molar-refractivity contribution is -0.137. The van der Waals surface area contributed by atoms with Crippen molar-refractivity contribution in [2.24, 2.45) is 4.99 Å². The number of hydrogen-bond acceptors (Lipinski definition) is 4. The first-order valence-electron chi connectivity index (χ1n) is 6.30. The molecule has 0 fully saturated rings. The minimum Gasteiger partial charge on any atom is -0.492 e. The van der Waals surface area contributed by atoms with Gasteiger partial charge in [-0.1, -0.05) is 0 Å². The van der Waals surface area contributed by atoms with Crippen molar-refractivity contribution in [3.63, 3.8) is 0 Å². The van der Waals surface area contributed by atoms with E-state index in [4.69, 9.17) is 4.74 Å². The van der Waals surface area contributed by atoms with Gasteiger partial charge in [-0.2, -0.15) is 13.2 Å². The molecule has 0 bridgehead atoms. The molecule has 0 saturated carbocycles. The summed E-state index contributed by atoms with van der Waals surface area (Å²) in [5, 5.41) is 6.19. The quantitative estimate of drug-likeness (QED) is 0.833. The van der Waals surface area contributed by atoms with Crippen LogP contribution in [0.4, 0.5) is 13.2 Å². The molecule has 4 nitrogen and oxygen atoms in total. The zero-order valence-corrected chi connectivity index (χ0v) is 11.0. The number of alkyl halides is 3. The molecule has 1 aliphatic heterocycles. The molecule has 1 atom stereocenters. The van der Waals surface area contributed by atoms with Gasteiger partial charge in [0.1, 0.15) is 12.4 Å². The number of benzene rings is 1. The van der Waals surface area contributed by atoms with Crippen LogP contribution in [-0.2, 0) is 6.18 Å². The lowest BCUT2D eigenvalue weighted by Crippen LogP contribution is -2.39. The van der Waals surface area contributed by atoms with Crippen LogP contribution in [0.15, 0.2) is 29.3 Å². The Bertz CT molecular complexity index is 471. The van der Waals surface area contributed by atoms with Crippen molar-refractivity contribution in [2.45, 2.75) is 19.1 Å². The summed E-state index contributed by atoms with van der Waals surface area (Å²) in [6.45, 7) is 3.64. The van der Waals surface area contributed by atoms with Gasteiger partial charge in [0, 0.05) is 6.04 Å². The zero-order valence-electron chi connectivity index (χ0n) is 11.0. The number of nitrogens with zero attached hydrogens (tertiary/aromatic N) is 1. The summed E-state index contributed by atoms with van der Waals surface area (Å²) >= 11 is 0. The van der Waals surface area contributed by atoms with Gasteiger partial charge in [-0.05, 0) is 31.2 Å². The second-order valence-corrected chi connectivity index (χ2v) is 4.53. The van der Waals surface area contributed by atoms with Crippen molar-refractivity contribution >= 4 is 5.96 Å². The van der Waals surface area contributed by atoms with Crippen LogP contribution in [0, 0.1) is 0 Å². The van der Waals surface area contributed by atoms with E-state index in [0.717, 1.165) is 24.6 Å². The van der Waals surface area contributed by atoms with Crippen LogP contribution in [0.3, 0.4) is 0 Å². The van der Waals surface area contributed by atoms with Crippen LogP contribution in [0.25, 0.3) is 0 Å². The van der Waals surface area contributed by atoms with Crippen LogP contribution in [0.5, 0.6) is 5.75 Å². The monoisotopic (exact) mass is 287 g/mol. The normalized spacial score (nSPS) is 18.4. The number of nitrogens with one attached hydrogen (secondary N) is 2. The van der Waals surface area contributed by atoms with Gasteiger partial charge in [0.15, 0.2) is 5.96 Å². The van der Waals surface area contributed by atoms with Crippen LogP contribution in [0.2, 0.25) is 0 Å². The molecule has 1 unspecified atom stereocenters. The highest BCUT2D eigenvalue weighted by Crippen LogP contribution is 2.30. The predicted molar refractivity (Wildman–Crippen MR) is 69.8 cm³/mol. The average molecular weight is 287 g/mol. The molecule has 7 heteroatoms. The van der Waals surface area contributed by atoms with Crippen molar-refractivity contribution < 1.29 is 17.9 Å². The van der Waals surface area contributed by atoms with Crippen molar-refractivity contribution in [1.82, 2.24) is 10.6 Å². The Balaban J connectivity index is 1.72. The van der Waals surface area contributed by atoms with Crippen LogP contribution < -0.4 is 15.4 Å². The van der Waals surface area contributed by atoms with Crippen molar-refractivity contribution in [3.05, 3.63) is 29.8 Å². The Kier molecular flexibility index (Phi) is 4.36. The highest BCUT2D eigenvalue weighted by atomic mass is 19.4. The van der Waals surface area contributed by atoms with Crippen LogP contribution in [-0.4, -0.2) is 31.7 Å². The van der Waals surface area contributed by atoms with E-state index in [2.05, 4.69) is 15.6 Å². The molecule has 2 N–H and O–H groups in total. The maximum atomic E-state index is 12.4. The first kappa shape index (κ1) is 14.5. The molecule has 0 amide bonds. The Morgan fingerprint density at radius 2 is 2.05 bits per heavy atom. The van der Waals surface area contributed by atoms with Gasteiger partial charge in [-0.25, -0.2) is 0 Å². The second kappa shape index (κ2) is 6.02. The topological polar surface area (TPSA) is 45.7 Å². The number of rotatable bonds is 4. The molecule has 2 rings (SSSR count). The standard InChI is InChI=1S/C13H16F3N3O/c1-9-8-18-12(19-9)17-6-7-20-11-4-2-10(3-5-11)13(14,15)16/h2-5,9H,6-8H2,1H3,(H2,17,18,19). The number of hydrogen-bond donors (Lipinski definition) is 2. The van der Waals surface area contributed by atoms with Crippen LogP contribution >= 0.6 is 0 Å². The summed E-state index contributed by atoms with van der Waals surface area (Å²) in [4.78, 5) is 4.21. The first-order valence-corrected chi connectivity index (χ1v) is 6.30.